The second kappa shape index (κ2) is 10.8. The molecule has 7 rings (SSSR count). The van der Waals surface area contributed by atoms with Crippen LogP contribution in [0.3, 0.4) is 0 Å². The Bertz CT molecular complexity index is 1750. The number of pyridine rings is 2. The molecule has 2 fully saturated rings. The maximum atomic E-state index is 14.0. The molecule has 0 amide bonds. The molecule has 0 aliphatic carbocycles. The molecule has 8 nitrogen and oxygen atoms in total. The molecule has 0 bridgehead atoms. The van der Waals surface area contributed by atoms with Crippen LogP contribution >= 0.6 is 0 Å². The Kier molecular flexibility index (Phi) is 6.83. The number of piperazine rings is 1. The number of anilines is 3. The molecule has 43 heavy (non-hydrogen) atoms. The number of rotatable bonds is 5. The Balaban J connectivity index is 1.10. The van der Waals surface area contributed by atoms with Crippen molar-refractivity contribution in [2.45, 2.75) is 25.1 Å². The van der Waals surface area contributed by atoms with Gasteiger partial charge in [0.1, 0.15) is 29.0 Å². The van der Waals surface area contributed by atoms with Gasteiger partial charge in [-0.15, -0.1) is 5.10 Å². The number of fused-ring (bicyclic) bond motifs is 1. The maximum Gasteiger partial charge on any atom is 0.417 e. The van der Waals surface area contributed by atoms with Gasteiger partial charge in [0.15, 0.2) is 5.65 Å². The minimum atomic E-state index is -4.40. The van der Waals surface area contributed by atoms with Crippen molar-refractivity contribution in [1.29, 1.82) is 0 Å². The molecule has 5 aromatic rings. The van der Waals surface area contributed by atoms with E-state index in [1.54, 1.807) is 22.8 Å². The van der Waals surface area contributed by atoms with E-state index in [2.05, 4.69) is 19.8 Å². The van der Waals surface area contributed by atoms with Crippen molar-refractivity contribution in [2.24, 2.45) is 0 Å². The van der Waals surface area contributed by atoms with Gasteiger partial charge in [-0.25, -0.2) is 23.9 Å². The van der Waals surface area contributed by atoms with Crippen LogP contribution in [0.2, 0.25) is 0 Å². The van der Waals surface area contributed by atoms with Gasteiger partial charge in [-0.3, -0.25) is 0 Å². The van der Waals surface area contributed by atoms with Crippen LogP contribution in [0.15, 0.2) is 79.1 Å². The Hall–Kier alpha value is -4.74. The zero-order valence-electron chi connectivity index (χ0n) is 23.1. The molecule has 1 atom stereocenters. The molecular weight excluding hydrogens is 560 g/mol. The van der Waals surface area contributed by atoms with E-state index >= 15 is 0 Å². The van der Waals surface area contributed by atoms with Crippen LogP contribution in [0.4, 0.5) is 35.0 Å². The van der Waals surface area contributed by atoms with Gasteiger partial charge in [0.05, 0.1) is 23.5 Å². The van der Waals surface area contributed by atoms with Gasteiger partial charge in [-0.2, -0.15) is 13.2 Å². The van der Waals surface area contributed by atoms with Crippen molar-refractivity contribution in [2.75, 3.05) is 47.4 Å². The van der Waals surface area contributed by atoms with E-state index in [4.69, 9.17) is 10.1 Å². The lowest BCUT2D eigenvalue weighted by atomic mass is 10.0. The third kappa shape index (κ3) is 5.33. The molecule has 1 aromatic carbocycles. The predicted molar refractivity (Wildman–Crippen MR) is 156 cm³/mol. The molecule has 1 unspecified atom stereocenters. The fourth-order valence-electron chi connectivity index (χ4n) is 5.94. The Morgan fingerprint density at radius 1 is 0.744 bits per heavy atom. The number of nitrogens with zero attached hydrogens (tertiary/aromatic N) is 8. The van der Waals surface area contributed by atoms with Crippen LogP contribution in [0.5, 0.6) is 0 Å². The van der Waals surface area contributed by atoms with Crippen molar-refractivity contribution in [3.05, 3.63) is 96.1 Å². The number of hydrogen-bond donors (Lipinski definition) is 0. The van der Waals surface area contributed by atoms with Crippen molar-refractivity contribution in [3.8, 4) is 11.4 Å². The topological polar surface area (TPSA) is 65.7 Å². The lowest BCUT2D eigenvalue weighted by Crippen LogP contribution is -2.47. The number of halogens is 4. The summed E-state index contributed by atoms with van der Waals surface area (Å²) in [6, 6.07) is 19.0. The predicted octanol–water partition coefficient (Wildman–Crippen LogP) is 6.01. The van der Waals surface area contributed by atoms with Crippen molar-refractivity contribution < 1.29 is 17.6 Å². The third-order valence-electron chi connectivity index (χ3n) is 8.13. The first-order chi connectivity index (χ1) is 20.8. The largest absolute Gasteiger partial charge is 0.417 e. The number of benzene rings is 1. The summed E-state index contributed by atoms with van der Waals surface area (Å²) in [6.07, 6.45) is 0.154. The van der Waals surface area contributed by atoms with Gasteiger partial charge in [0.25, 0.3) is 0 Å². The zero-order valence-corrected chi connectivity index (χ0v) is 23.1. The van der Waals surface area contributed by atoms with Crippen molar-refractivity contribution in [3.63, 3.8) is 0 Å². The molecule has 0 spiro atoms. The van der Waals surface area contributed by atoms with Crippen LogP contribution in [-0.4, -0.2) is 57.3 Å². The first kappa shape index (κ1) is 27.1. The fraction of sp³-hybridized carbons (Fsp3) is 0.290. The second-order valence-electron chi connectivity index (χ2n) is 10.8. The summed E-state index contributed by atoms with van der Waals surface area (Å²) in [4.78, 5) is 19.9. The normalized spacial score (nSPS) is 17.7. The van der Waals surface area contributed by atoms with E-state index in [-0.39, 0.29) is 11.9 Å². The second-order valence-corrected chi connectivity index (χ2v) is 10.8. The summed E-state index contributed by atoms with van der Waals surface area (Å²) in [5.74, 6) is 1.88. The molecule has 220 valence electrons. The number of alkyl halides is 3. The minimum absolute atomic E-state index is 0.0468. The monoisotopic (exact) mass is 588 g/mol. The van der Waals surface area contributed by atoms with Crippen LogP contribution in [0, 0.1) is 5.82 Å². The van der Waals surface area contributed by atoms with Gasteiger partial charge < -0.3 is 14.7 Å². The SMILES string of the molecule is Fc1cccc(C2CCCN2c2ccc3ncc(-c4cccc(N5CCN(c6ccc(C(F)(F)F)cn6)CC5)n4)n3n2)c1. The molecule has 2 aliphatic rings. The quantitative estimate of drug-likeness (QED) is 0.233. The molecule has 2 aliphatic heterocycles. The van der Waals surface area contributed by atoms with E-state index in [9.17, 15) is 17.6 Å². The summed E-state index contributed by atoms with van der Waals surface area (Å²) in [5, 5.41) is 4.95. The Morgan fingerprint density at radius 3 is 2.26 bits per heavy atom. The molecule has 4 aromatic heterocycles. The highest BCUT2D eigenvalue weighted by Crippen LogP contribution is 2.36. The highest BCUT2D eigenvalue weighted by atomic mass is 19.4. The lowest BCUT2D eigenvalue weighted by molar-refractivity contribution is -0.137. The maximum absolute atomic E-state index is 14.0. The molecule has 2 saturated heterocycles. The smallest absolute Gasteiger partial charge is 0.353 e. The third-order valence-corrected chi connectivity index (χ3v) is 8.13. The summed E-state index contributed by atoms with van der Waals surface area (Å²) >= 11 is 0. The standard InChI is InChI=1S/C31H28F4N8/c32-23-5-1-4-21(18-23)25-7-3-13-42(25)30-12-11-28-37-20-26(43(28)39-30)24-6-2-8-29(38-24)41-16-14-40(15-17-41)27-10-9-22(19-36-27)31(33,34)35/h1-2,4-6,8-12,18-20,25H,3,7,13-17H2. The average Bonchev–Trinajstić information content (AvgIpc) is 3.68. The lowest BCUT2D eigenvalue weighted by Gasteiger charge is -2.36. The number of aromatic nitrogens is 5. The van der Waals surface area contributed by atoms with Crippen LogP contribution < -0.4 is 14.7 Å². The first-order valence-corrected chi connectivity index (χ1v) is 14.2. The first-order valence-electron chi connectivity index (χ1n) is 14.2. The Morgan fingerprint density at radius 2 is 1.51 bits per heavy atom. The Labute approximate surface area is 245 Å². The summed E-state index contributed by atoms with van der Waals surface area (Å²) < 4.78 is 54.5. The highest BCUT2D eigenvalue weighted by molar-refractivity contribution is 5.63. The van der Waals surface area contributed by atoms with Crippen LogP contribution in [0.1, 0.15) is 30.0 Å². The van der Waals surface area contributed by atoms with Gasteiger partial charge in [0.2, 0.25) is 0 Å². The van der Waals surface area contributed by atoms with Crippen LogP contribution in [0.25, 0.3) is 17.0 Å². The fourth-order valence-corrected chi connectivity index (χ4v) is 5.94. The highest BCUT2D eigenvalue weighted by Gasteiger charge is 2.31. The van der Waals surface area contributed by atoms with E-state index < -0.39 is 11.7 Å². The summed E-state index contributed by atoms with van der Waals surface area (Å²) in [7, 11) is 0. The van der Waals surface area contributed by atoms with Crippen molar-refractivity contribution in [1.82, 2.24) is 24.6 Å². The van der Waals surface area contributed by atoms with Crippen LogP contribution in [-0.2, 0) is 6.18 Å². The summed E-state index contributed by atoms with van der Waals surface area (Å²) in [6.45, 7) is 3.32. The van der Waals surface area contributed by atoms with E-state index in [1.807, 2.05) is 41.3 Å². The molecular formula is C31H28F4N8. The minimum Gasteiger partial charge on any atom is -0.353 e. The molecule has 6 heterocycles. The van der Waals surface area contributed by atoms with Gasteiger partial charge in [-0.1, -0.05) is 18.2 Å². The van der Waals surface area contributed by atoms with Gasteiger partial charge in [-0.05, 0) is 66.9 Å². The average molecular weight is 589 g/mol. The molecule has 0 radical (unpaired) electrons. The molecule has 12 heteroatoms. The van der Waals surface area contributed by atoms with Gasteiger partial charge >= 0.3 is 6.18 Å². The van der Waals surface area contributed by atoms with E-state index in [0.29, 0.717) is 37.6 Å². The number of imidazole rings is 1. The zero-order chi connectivity index (χ0) is 29.6. The van der Waals surface area contributed by atoms with E-state index in [0.717, 1.165) is 60.2 Å². The number of hydrogen-bond acceptors (Lipinski definition) is 7. The van der Waals surface area contributed by atoms with Crippen molar-refractivity contribution >= 4 is 23.1 Å². The summed E-state index contributed by atoms with van der Waals surface area (Å²) in [5.41, 5.74) is 2.37. The van der Waals surface area contributed by atoms with E-state index in [1.165, 1.54) is 12.1 Å². The molecule has 0 saturated carbocycles. The van der Waals surface area contributed by atoms with Gasteiger partial charge in [0, 0.05) is 38.9 Å². The molecule has 0 N–H and O–H groups in total.